The molecule has 0 aromatic heterocycles. The number of amides is 3. The van der Waals surface area contributed by atoms with Crippen LogP contribution < -0.4 is 10.6 Å². The van der Waals surface area contributed by atoms with E-state index in [1.165, 1.54) is 16.0 Å². The van der Waals surface area contributed by atoms with E-state index in [2.05, 4.69) is 55.7 Å². The topological polar surface area (TPSA) is 66.0 Å². The number of rotatable bonds is 6. The van der Waals surface area contributed by atoms with Crippen LogP contribution in [0.2, 0.25) is 0 Å². The van der Waals surface area contributed by atoms with Crippen LogP contribution in [0.1, 0.15) is 44.9 Å². The third kappa shape index (κ3) is 4.10. The molecule has 0 aliphatic carbocycles. The number of nitrogens with one attached hydrogen (secondary N) is 1. The van der Waals surface area contributed by atoms with Gasteiger partial charge in [0.15, 0.2) is 6.04 Å². The summed E-state index contributed by atoms with van der Waals surface area (Å²) in [6.45, 7) is 9.35. The van der Waals surface area contributed by atoms with Gasteiger partial charge in [-0.3, -0.25) is 9.69 Å². The van der Waals surface area contributed by atoms with Gasteiger partial charge in [0.2, 0.25) is 0 Å². The average Bonchev–Trinajstić information content (AvgIpc) is 2.97. The van der Waals surface area contributed by atoms with E-state index < -0.39 is 0 Å². The first kappa shape index (κ1) is 17.5. The van der Waals surface area contributed by atoms with Crippen molar-refractivity contribution in [2.45, 2.75) is 46.2 Å². The maximum atomic E-state index is 12.5. The lowest BCUT2D eigenvalue weighted by molar-refractivity contribution is -0.719. The molecule has 3 amide bonds. The van der Waals surface area contributed by atoms with Crippen molar-refractivity contribution < 1.29 is 14.9 Å². The van der Waals surface area contributed by atoms with Crippen LogP contribution in [0, 0.1) is 5.92 Å². The Bertz CT molecular complexity index is 554. The molecule has 0 unspecified atom stereocenters. The molecule has 126 valence electrons. The van der Waals surface area contributed by atoms with E-state index in [1.807, 2.05) is 6.92 Å². The van der Waals surface area contributed by atoms with Crippen LogP contribution in [0.5, 0.6) is 0 Å². The average molecular weight is 318 g/mol. The summed E-state index contributed by atoms with van der Waals surface area (Å²) < 4.78 is 0. The van der Waals surface area contributed by atoms with E-state index in [0.29, 0.717) is 19.0 Å². The van der Waals surface area contributed by atoms with Crippen molar-refractivity contribution in [1.29, 1.82) is 0 Å². The molecule has 0 bridgehead atoms. The molecule has 1 saturated heterocycles. The van der Waals surface area contributed by atoms with E-state index >= 15 is 0 Å². The lowest BCUT2D eigenvalue weighted by Gasteiger charge is -2.25. The second-order valence-electron chi connectivity index (χ2n) is 6.57. The van der Waals surface area contributed by atoms with Crippen LogP contribution in [0.4, 0.5) is 4.79 Å². The molecule has 3 N–H and O–H groups in total. The highest BCUT2D eigenvalue weighted by molar-refractivity contribution is 5.97. The molecule has 5 nitrogen and oxygen atoms in total. The van der Waals surface area contributed by atoms with Gasteiger partial charge < -0.3 is 10.6 Å². The molecule has 0 saturated carbocycles. The van der Waals surface area contributed by atoms with Crippen molar-refractivity contribution in [2.24, 2.45) is 5.92 Å². The van der Waals surface area contributed by atoms with E-state index in [9.17, 15) is 9.59 Å². The number of nitrogens with two attached hydrogens (primary N) is 1. The number of nitrogens with zero attached hydrogens (tertiary/aromatic N) is 1. The lowest BCUT2D eigenvalue weighted by atomic mass is 9.94. The Kier molecular flexibility index (Phi) is 5.77. The van der Waals surface area contributed by atoms with Gasteiger partial charge in [-0.05, 0) is 18.9 Å². The molecule has 0 radical (unpaired) electrons. The monoisotopic (exact) mass is 318 g/mol. The van der Waals surface area contributed by atoms with Gasteiger partial charge in [-0.1, -0.05) is 45.0 Å². The molecular formula is C18H28N3O2+. The second-order valence-corrected chi connectivity index (χ2v) is 6.57. The molecule has 1 aromatic carbocycles. The Balaban J connectivity index is 2.08. The maximum Gasteiger partial charge on any atom is 0.324 e. The maximum absolute atomic E-state index is 12.5. The fourth-order valence-corrected chi connectivity index (χ4v) is 3.01. The number of hydrogen-bond acceptors (Lipinski definition) is 2. The van der Waals surface area contributed by atoms with Gasteiger partial charge in [-0.25, -0.2) is 4.79 Å². The van der Waals surface area contributed by atoms with Crippen molar-refractivity contribution >= 4 is 11.9 Å². The Morgan fingerprint density at radius 3 is 2.39 bits per heavy atom. The molecule has 2 rings (SSSR count). The molecule has 1 aromatic rings. The molecule has 2 atom stereocenters. The van der Waals surface area contributed by atoms with Gasteiger partial charge >= 0.3 is 6.03 Å². The minimum Gasteiger partial charge on any atom is -0.336 e. The molecule has 23 heavy (non-hydrogen) atoms. The number of hydrogen-bond donors (Lipinski definition) is 2. The van der Waals surface area contributed by atoms with Crippen molar-refractivity contribution in [3.63, 3.8) is 0 Å². The molecular weight excluding hydrogens is 290 g/mol. The highest BCUT2D eigenvalue weighted by Crippen LogP contribution is 2.19. The van der Waals surface area contributed by atoms with E-state index in [1.54, 1.807) is 0 Å². The fraction of sp³-hybridized carbons (Fsp3) is 0.556. The lowest BCUT2D eigenvalue weighted by Crippen LogP contribution is -2.93. The standard InChI is InChI=1S/C18H27N3O2/c1-5-14-6-8-15(9-7-14)16(12(2)3)20-13(4)17(22)21-11-10-19-18(21)23/h6-9,12-13,16,20H,5,10-11H2,1-4H3,(H,19,23)/p+1/t13-,16-/m0/s1. The molecule has 1 heterocycles. The first-order valence-electron chi connectivity index (χ1n) is 8.47. The Morgan fingerprint density at radius 2 is 1.91 bits per heavy atom. The minimum atomic E-state index is -0.280. The smallest absolute Gasteiger partial charge is 0.324 e. The third-order valence-corrected chi connectivity index (χ3v) is 4.50. The van der Waals surface area contributed by atoms with Gasteiger partial charge in [0.1, 0.15) is 6.04 Å². The summed E-state index contributed by atoms with van der Waals surface area (Å²) in [6.07, 6.45) is 1.02. The predicted octanol–water partition coefficient (Wildman–Crippen LogP) is 1.45. The summed E-state index contributed by atoms with van der Waals surface area (Å²) in [5.74, 6) is 0.279. The summed E-state index contributed by atoms with van der Waals surface area (Å²) in [5, 5.41) is 4.76. The SMILES string of the molecule is CCc1ccc([C@@H]([NH2+][C@@H](C)C(=O)N2CCNC2=O)C(C)C)cc1. The number of carbonyl (C=O) groups excluding carboxylic acids is 2. The quantitative estimate of drug-likeness (QED) is 0.834. The number of quaternary nitrogens is 1. The van der Waals surface area contributed by atoms with Crippen LogP contribution >= 0.6 is 0 Å². The number of carbonyl (C=O) groups is 2. The third-order valence-electron chi connectivity index (χ3n) is 4.50. The fourth-order valence-electron chi connectivity index (χ4n) is 3.01. The predicted molar refractivity (Wildman–Crippen MR) is 89.9 cm³/mol. The molecule has 1 aliphatic heterocycles. The second kappa shape index (κ2) is 7.59. The van der Waals surface area contributed by atoms with Crippen LogP contribution in [0.15, 0.2) is 24.3 Å². The first-order valence-corrected chi connectivity index (χ1v) is 8.47. The number of urea groups is 1. The largest absolute Gasteiger partial charge is 0.336 e. The van der Waals surface area contributed by atoms with E-state index in [4.69, 9.17) is 0 Å². The Morgan fingerprint density at radius 1 is 1.26 bits per heavy atom. The number of benzene rings is 1. The Hall–Kier alpha value is -1.88. The van der Waals surface area contributed by atoms with Crippen LogP contribution in [-0.4, -0.2) is 36.0 Å². The summed E-state index contributed by atoms with van der Waals surface area (Å²) in [6, 6.07) is 8.25. The van der Waals surface area contributed by atoms with Gasteiger partial charge in [-0.2, -0.15) is 0 Å². The number of imide groups is 1. The zero-order valence-corrected chi connectivity index (χ0v) is 14.5. The highest BCUT2D eigenvalue weighted by atomic mass is 16.2. The van der Waals surface area contributed by atoms with Gasteiger partial charge in [0, 0.05) is 24.6 Å². The van der Waals surface area contributed by atoms with Crippen LogP contribution in [0.25, 0.3) is 0 Å². The minimum absolute atomic E-state index is 0.115. The van der Waals surface area contributed by atoms with Gasteiger partial charge in [0.25, 0.3) is 5.91 Å². The summed E-state index contributed by atoms with van der Waals surface area (Å²) in [7, 11) is 0. The molecule has 1 aliphatic rings. The summed E-state index contributed by atoms with van der Waals surface area (Å²) in [4.78, 5) is 25.5. The molecule has 1 fully saturated rings. The summed E-state index contributed by atoms with van der Waals surface area (Å²) in [5.41, 5.74) is 2.54. The molecule has 0 spiro atoms. The normalized spacial score (nSPS) is 17.3. The zero-order valence-electron chi connectivity index (χ0n) is 14.5. The van der Waals surface area contributed by atoms with Crippen molar-refractivity contribution in [3.05, 3.63) is 35.4 Å². The van der Waals surface area contributed by atoms with Crippen LogP contribution in [0.3, 0.4) is 0 Å². The van der Waals surface area contributed by atoms with E-state index in [0.717, 1.165) is 6.42 Å². The highest BCUT2D eigenvalue weighted by Gasteiger charge is 2.33. The van der Waals surface area contributed by atoms with E-state index in [-0.39, 0.29) is 24.0 Å². The zero-order chi connectivity index (χ0) is 17.0. The van der Waals surface area contributed by atoms with Gasteiger partial charge in [-0.15, -0.1) is 0 Å². The number of aryl methyl sites for hydroxylation is 1. The van der Waals surface area contributed by atoms with Crippen LogP contribution in [-0.2, 0) is 11.2 Å². The first-order chi connectivity index (χ1) is 10.9. The Labute approximate surface area is 138 Å². The van der Waals surface area contributed by atoms with Crippen molar-refractivity contribution in [2.75, 3.05) is 13.1 Å². The van der Waals surface area contributed by atoms with Crippen molar-refractivity contribution in [3.8, 4) is 0 Å². The van der Waals surface area contributed by atoms with Gasteiger partial charge in [0.05, 0.1) is 0 Å². The summed E-state index contributed by atoms with van der Waals surface area (Å²) >= 11 is 0. The molecule has 5 heteroatoms. The van der Waals surface area contributed by atoms with Crippen molar-refractivity contribution in [1.82, 2.24) is 10.2 Å².